The number of halogens is 3. The first kappa shape index (κ1) is 15.0. The van der Waals surface area contributed by atoms with E-state index in [1.54, 1.807) is 0 Å². The lowest BCUT2D eigenvalue weighted by Crippen LogP contribution is -2.15. The first-order chi connectivity index (χ1) is 10.1. The van der Waals surface area contributed by atoms with Gasteiger partial charge in [0.2, 0.25) is 0 Å². The number of hydrogen-bond acceptors (Lipinski definition) is 3. The molecule has 0 amide bonds. The zero-order valence-electron chi connectivity index (χ0n) is 11.0. The van der Waals surface area contributed by atoms with Crippen LogP contribution in [0.15, 0.2) is 39.3 Å². The Balaban J connectivity index is 1.80. The molecule has 1 N–H and O–H groups in total. The zero-order valence-corrected chi connectivity index (χ0v) is 14.9. The van der Waals surface area contributed by atoms with Crippen LogP contribution in [-0.2, 0) is 6.54 Å². The van der Waals surface area contributed by atoms with Crippen molar-refractivity contribution in [2.45, 2.75) is 6.54 Å². The summed E-state index contributed by atoms with van der Waals surface area (Å²) in [5, 5.41) is 4.10. The van der Waals surface area contributed by atoms with Crippen LogP contribution >= 0.6 is 43.5 Å². The second-order valence-corrected chi connectivity index (χ2v) is 6.74. The predicted molar refractivity (Wildman–Crippen MR) is 91.6 cm³/mol. The van der Waals surface area contributed by atoms with Crippen LogP contribution in [0.5, 0.6) is 11.5 Å². The van der Waals surface area contributed by atoms with Crippen LogP contribution in [-0.4, -0.2) is 13.2 Å². The smallest absolute Gasteiger partial charge is 0.163 e. The van der Waals surface area contributed by atoms with Crippen LogP contribution in [0.2, 0.25) is 5.02 Å². The maximum Gasteiger partial charge on any atom is 0.163 e. The minimum atomic E-state index is 0.575. The summed E-state index contributed by atoms with van der Waals surface area (Å²) >= 11 is 13.2. The van der Waals surface area contributed by atoms with Gasteiger partial charge in [0.05, 0.1) is 5.69 Å². The summed E-state index contributed by atoms with van der Waals surface area (Å²) in [6.45, 7) is 1.78. The second kappa shape index (κ2) is 6.46. The summed E-state index contributed by atoms with van der Waals surface area (Å²) in [5.41, 5.74) is 1.96. The number of nitrogens with one attached hydrogen (secondary N) is 1. The number of fused-ring (bicyclic) bond motifs is 1. The number of benzene rings is 2. The summed E-state index contributed by atoms with van der Waals surface area (Å²) in [5.74, 6) is 1.52. The van der Waals surface area contributed by atoms with E-state index in [0.717, 1.165) is 36.7 Å². The lowest BCUT2D eigenvalue weighted by Gasteiger charge is -2.20. The Morgan fingerprint density at radius 1 is 1.05 bits per heavy atom. The van der Waals surface area contributed by atoms with Gasteiger partial charge in [-0.1, -0.05) is 27.5 Å². The van der Waals surface area contributed by atoms with E-state index in [1.807, 2.05) is 30.3 Å². The van der Waals surface area contributed by atoms with Crippen molar-refractivity contribution in [2.75, 3.05) is 18.5 Å². The molecular formula is C15H12Br2ClNO2. The zero-order chi connectivity index (χ0) is 14.8. The van der Waals surface area contributed by atoms with Crippen molar-refractivity contribution in [1.82, 2.24) is 0 Å². The van der Waals surface area contributed by atoms with E-state index in [4.69, 9.17) is 21.1 Å². The van der Waals surface area contributed by atoms with E-state index >= 15 is 0 Å². The van der Waals surface area contributed by atoms with Crippen LogP contribution in [0, 0.1) is 0 Å². The summed E-state index contributed by atoms with van der Waals surface area (Å²) in [6.07, 6.45) is 0. The molecule has 0 bridgehead atoms. The summed E-state index contributed by atoms with van der Waals surface area (Å²) in [6, 6.07) is 9.65. The molecule has 0 atom stereocenters. The van der Waals surface area contributed by atoms with Crippen molar-refractivity contribution in [3.05, 3.63) is 49.9 Å². The van der Waals surface area contributed by atoms with E-state index in [0.29, 0.717) is 19.8 Å². The van der Waals surface area contributed by atoms with Gasteiger partial charge in [0.1, 0.15) is 13.2 Å². The standard InChI is InChI=1S/C15H12Br2ClNO2/c16-10-1-2-12(18)9(5-10)8-19-13-7-15-14(6-11(13)17)20-3-4-21-15/h1-2,5-7,19H,3-4,8H2. The average Bonchev–Trinajstić information content (AvgIpc) is 2.48. The Morgan fingerprint density at radius 3 is 2.52 bits per heavy atom. The molecule has 110 valence electrons. The van der Waals surface area contributed by atoms with E-state index in [1.165, 1.54) is 0 Å². The normalized spacial score (nSPS) is 13.1. The van der Waals surface area contributed by atoms with Gasteiger partial charge in [-0.15, -0.1) is 0 Å². The quantitative estimate of drug-likeness (QED) is 0.717. The van der Waals surface area contributed by atoms with E-state index < -0.39 is 0 Å². The SMILES string of the molecule is Clc1ccc(Br)cc1CNc1cc2c(cc1Br)OCCO2. The molecule has 0 spiro atoms. The second-order valence-electron chi connectivity index (χ2n) is 4.56. The van der Waals surface area contributed by atoms with Crippen LogP contribution in [0.3, 0.4) is 0 Å². The Kier molecular flexibility index (Phi) is 4.62. The highest BCUT2D eigenvalue weighted by Crippen LogP contribution is 2.38. The van der Waals surface area contributed by atoms with Crippen LogP contribution in [0.1, 0.15) is 5.56 Å². The lowest BCUT2D eigenvalue weighted by molar-refractivity contribution is 0.171. The maximum atomic E-state index is 6.20. The molecule has 1 aliphatic rings. The summed E-state index contributed by atoms with van der Waals surface area (Å²) < 4.78 is 13.1. The van der Waals surface area contributed by atoms with E-state index in [-0.39, 0.29) is 0 Å². The molecule has 1 aliphatic heterocycles. The third-order valence-electron chi connectivity index (χ3n) is 3.11. The molecule has 1 heterocycles. The molecule has 2 aromatic carbocycles. The van der Waals surface area contributed by atoms with Gasteiger partial charge in [-0.25, -0.2) is 0 Å². The molecule has 0 aromatic heterocycles. The first-order valence-corrected chi connectivity index (χ1v) is 8.37. The number of hydrogen-bond donors (Lipinski definition) is 1. The van der Waals surface area contributed by atoms with Crippen molar-refractivity contribution >= 4 is 49.1 Å². The monoisotopic (exact) mass is 431 g/mol. The fourth-order valence-corrected chi connectivity index (χ4v) is 3.12. The highest BCUT2D eigenvalue weighted by Gasteiger charge is 2.15. The van der Waals surface area contributed by atoms with Crippen LogP contribution in [0.25, 0.3) is 0 Å². The van der Waals surface area contributed by atoms with E-state index in [2.05, 4.69) is 37.2 Å². The van der Waals surface area contributed by atoms with Gasteiger partial charge in [0.25, 0.3) is 0 Å². The minimum absolute atomic E-state index is 0.575. The average molecular weight is 434 g/mol. The summed E-state index contributed by atoms with van der Waals surface area (Å²) in [4.78, 5) is 0. The van der Waals surface area contributed by atoms with Gasteiger partial charge >= 0.3 is 0 Å². The van der Waals surface area contributed by atoms with Crippen molar-refractivity contribution in [3.8, 4) is 11.5 Å². The van der Waals surface area contributed by atoms with Crippen LogP contribution in [0.4, 0.5) is 5.69 Å². The molecule has 0 radical (unpaired) electrons. The maximum absolute atomic E-state index is 6.20. The molecule has 0 saturated carbocycles. The Bertz CT molecular complexity index is 679. The molecule has 0 fully saturated rings. The molecule has 21 heavy (non-hydrogen) atoms. The van der Waals surface area contributed by atoms with E-state index in [9.17, 15) is 0 Å². The Hall–Kier alpha value is -0.910. The van der Waals surface area contributed by atoms with Crippen molar-refractivity contribution in [3.63, 3.8) is 0 Å². The van der Waals surface area contributed by atoms with Gasteiger partial charge in [-0.2, -0.15) is 0 Å². The largest absolute Gasteiger partial charge is 0.486 e. The minimum Gasteiger partial charge on any atom is -0.486 e. The third-order valence-corrected chi connectivity index (χ3v) is 4.63. The highest BCUT2D eigenvalue weighted by atomic mass is 79.9. The number of rotatable bonds is 3. The highest BCUT2D eigenvalue weighted by molar-refractivity contribution is 9.10. The van der Waals surface area contributed by atoms with Crippen molar-refractivity contribution in [2.24, 2.45) is 0 Å². The van der Waals surface area contributed by atoms with Gasteiger partial charge in [0.15, 0.2) is 11.5 Å². The fraction of sp³-hybridized carbons (Fsp3) is 0.200. The molecule has 6 heteroatoms. The van der Waals surface area contributed by atoms with Crippen LogP contribution < -0.4 is 14.8 Å². The first-order valence-electron chi connectivity index (χ1n) is 6.40. The molecular weight excluding hydrogens is 421 g/mol. The van der Waals surface area contributed by atoms with Crippen molar-refractivity contribution < 1.29 is 9.47 Å². The molecule has 0 aliphatic carbocycles. The van der Waals surface area contributed by atoms with Gasteiger partial charge in [-0.05, 0) is 39.7 Å². The third kappa shape index (κ3) is 3.47. The molecule has 0 saturated heterocycles. The van der Waals surface area contributed by atoms with Gasteiger partial charge < -0.3 is 14.8 Å². The Labute approximate surface area is 144 Å². The predicted octanol–water partition coefficient (Wildman–Crippen LogP) is 5.25. The number of ether oxygens (including phenoxy) is 2. The number of anilines is 1. The topological polar surface area (TPSA) is 30.5 Å². The molecule has 3 nitrogen and oxygen atoms in total. The molecule has 0 unspecified atom stereocenters. The van der Waals surface area contributed by atoms with Crippen molar-refractivity contribution in [1.29, 1.82) is 0 Å². The van der Waals surface area contributed by atoms with Gasteiger partial charge in [0, 0.05) is 32.6 Å². The van der Waals surface area contributed by atoms with Gasteiger partial charge in [-0.3, -0.25) is 0 Å². The molecule has 3 rings (SSSR count). The lowest BCUT2D eigenvalue weighted by atomic mass is 10.2. The summed E-state index contributed by atoms with van der Waals surface area (Å²) in [7, 11) is 0. The fourth-order valence-electron chi connectivity index (χ4n) is 2.07. The molecule has 2 aromatic rings. The Morgan fingerprint density at radius 2 is 1.76 bits per heavy atom.